The summed E-state index contributed by atoms with van der Waals surface area (Å²) in [5.74, 6) is 0.222. The van der Waals surface area contributed by atoms with E-state index in [2.05, 4.69) is 10.3 Å². The normalized spacial score (nSPS) is 20.5. The number of sulfonamides is 1. The molecule has 0 radical (unpaired) electrons. The van der Waals surface area contributed by atoms with Crippen LogP contribution in [0.5, 0.6) is 0 Å². The maximum atomic E-state index is 12.3. The van der Waals surface area contributed by atoms with Crippen LogP contribution in [0.4, 0.5) is 13.2 Å². The molecular weight excluding hydrogens is 285 g/mol. The standard InChI is InChI=1S/C9H17F3N4O2S/c1-2-14-8(13)15-7-3-5-16(6-4-7)19(17,18)9(10,11)12/h7H,2-6H2,1H3,(H3,13,14,15). The molecular formula is C9H17F3N4O2S. The first-order chi connectivity index (χ1) is 8.68. The fourth-order valence-corrected chi connectivity index (χ4v) is 2.80. The SMILES string of the molecule is CCN=C(N)NC1CCN(S(=O)(=O)C(F)(F)F)CC1. The van der Waals surface area contributed by atoms with Crippen molar-refractivity contribution in [3.8, 4) is 0 Å². The zero-order valence-corrected chi connectivity index (χ0v) is 11.3. The molecule has 112 valence electrons. The number of piperidine rings is 1. The number of nitrogens with zero attached hydrogens (tertiary/aromatic N) is 2. The maximum Gasteiger partial charge on any atom is 0.511 e. The summed E-state index contributed by atoms with van der Waals surface area (Å²) in [4.78, 5) is 3.90. The van der Waals surface area contributed by atoms with E-state index in [0.29, 0.717) is 10.8 Å². The third-order valence-electron chi connectivity index (χ3n) is 2.77. The third kappa shape index (κ3) is 3.96. The van der Waals surface area contributed by atoms with Crippen molar-refractivity contribution in [1.29, 1.82) is 0 Å². The van der Waals surface area contributed by atoms with E-state index < -0.39 is 15.5 Å². The van der Waals surface area contributed by atoms with Gasteiger partial charge in [-0.2, -0.15) is 17.5 Å². The van der Waals surface area contributed by atoms with Crippen molar-refractivity contribution in [3.63, 3.8) is 0 Å². The van der Waals surface area contributed by atoms with Gasteiger partial charge in [-0.1, -0.05) is 0 Å². The number of hydrogen-bond acceptors (Lipinski definition) is 3. The van der Waals surface area contributed by atoms with Crippen LogP contribution in [0, 0.1) is 0 Å². The van der Waals surface area contributed by atoms with E-state index in [-0.39, 0.29) is 37.9 Å². The Morgan fingerprint density at radius 1 is 1.42 bits per heavy atom. The number of nitrogens with one attached hydrogen (secondary N) is 1. The molecule has 3 N–H and O–H groups in total. The predicted molar refractivity (Wildman–Crippen MR) is 64.9 cm³/mol. The van der Waals surface area contributed by atoms with E-state index in [4.69, 9.17) is 5.73 Å². The Hall–Kier alpha value is -1.03. The molecule has 0 aromatic heterocycles. The van der Waals surface area contributed by atoms with Gasteiger partial charge >= 0.3 is 15.5 Å². The van der Waals surface area contributed by atoms with Gasteiger partial charge in [-0.05, 0) is 19.8 Å². The molecule has 1 aliphatic heterocycles. The van der Waals surface area contributed by atoms with Crippen LogP contribution in [-0.4, -0.2) is 49.9 Å². The number of halogens is 3. The van der Waals surface area contributed by atoms with E-state index in [1.165, 1.54) is 0 Å². The molecule has 0 spiro atoms. The van der Waals surface area contributed by atoms with Gasteiger partial charge in [-0.25, -0.2) is 8.42 Å². The zero-order valence-electron chi connectivity index (χ0n) is 10.4. The highest BCUT2D eigenvalue weighted by atomic mass is 32.2. The van der Waals surface area contributed by atoms with Gasteiger partial charge in [0.25, 0.3) is 0 Å². The van der Waals surface area contributed by atoms with E-state index in [1.54, 1.807) is 6.92 Å². The topological polar surface area (TPSA) is 87.8 Å². The molecule has 0 unspecified atom stereocenters. The summed E-state index contributed by atoms with van der Waals surface area (Å²) < 4.78 is 59.8. The minimum absolute atomic E-state index is 0.157. The minimum atomic E-state index is -5.24. The van der Waals surface area contributed by atoms with Crippen molar-refractivity contribution in [2.75, 3.05) is 19.6 Å². The first kappa shape index (κ1) is 16.0. The fourth-order valence-electron chi connectivity index (χ4n) is 1.81. The van der Waals surface area contributed by atoms with E-state index in [9.17, 15) is 21.6 Å². The monoisotopic (exact) mass is 302 g/mol. The number of aliphatic imine (C=N–C) groups is 1. The highest BCUT2D eigenvalue weighted by molar-refractivity contribution is 7.90. The van der Waals surface area contributed by atoms with Crippen molar-refractivity contribution >= 4 is 16.0 Å². The molecule has 0 saturated carbocycles. The second-order valence-corrected chi connectivity index (χ2v) is 6.06. The van der Waals surface area contributed by atoms with Gasteiger partial charge in [0.05, 0.1) is 0 Å². The van der Waals surface area contributed by atoms with Gasteiger partial charge in [0.1, 0.15) is 0 Å². The lowest BCUT2D eigenvalue weighted by atomic mass is 10.1. The first-order valence-corrected chi connectivity index (χ1v) is 7.25. The highest BCUT2D eigenvalue weighted by Crippen LogP contribution is 2.28. The Morgan fingerprint density at radius 2 is 1.95 bits per heavy atom. The summed E-state index contributed by atoms with van der Waals surface area (Å²) in [5, 5.41) is 2.86. The smallest absolute Gasteiger partial charge is 0.370 e. The molecule has 0 bridgehead atoms. The van der Waals surface area contributed by atoms with Crippen molar-refractivity contribution < 1.29 is 21.6 Å². The van der Waals surface area contributed by atoms with Gasteiger partial charge in [-0.3, -0.25) is 4.99 Å². The van der Waals surface area contributed by atoms with Crippen LogP contribution in [-0.2, 0) is 10.0 Å². The van der Waals surface area contributed by atoms with Gasteiger partial charge in [0.15, 0.2) is 5.96 Å². The maximum absolute atomic E-state index is 12.3. The molecule has 1 rings (SSSR count). The Morgan fingerprint density at radius 3 is 2.37 bits per heavy atom. The number of rotatable bonds is 3. The molecule has 6 nitrogen and oxygen atoms in total. The summed E-state index contributed by atoms with van der Waals surface area (Å²) >= 11 is 0. The molecule has 1 saturated heterocycles. The van der Waals surface area contributed by atoms with Gasteiger partial charge in [-0.15, -0.1) is 0 Å². The van der Waals surface area contributed by atoms with Crippen molar-refractivity contribution in [2.24, 2.45) is 10.7 Å². The molecule has 0 aliphatic carbocycles. The molecule has 1 fully saturated rings. The van der Waals surface area contributed by atoms with Crippen LogP contribution in [0.25, 0.3) is 0 Å². The van der Waals surface area contributed by atoms with E-state index >= 15 is 0 Å². The molecule has 1 heterocycles. The summed E-state index contributed by atoms with van der Waals surface area (Å²) in [6.45, 7) is 1.94. The van der Waals surface area contributed by atoms with Gasteiger partial charge in [0.2, 0.25) is 0 Å². The quantitative estimate of drug-likeness (QED) is 0.577. The summed E-state index contributed by atoms with van der Waals surface area (Å²) in [5.41, 5.74) is 0.292. The van der Waals surface area contributed by atoms with Crippen LogP contribution in [0.3, 0.4) is 0 Å². The van der Waals surface area contributed by atoms with Crippen molar-refractivity contribution in [1.82, 2.24) is 9.62 Å². The molecule has 0 aromatic carbocycles. The van der Waals surface area contributed by atoms with E-state index in [0.717, 1.165) is 0 Å². The summed E-state index contributed by atoms with van der Waals surface area (Å²) in [7, 11) is -5.22. The number of hydrogen-bond donors (Lipinski definition) is 2. The Balaban J connectivity index is 2.57. The van der Waals surface area contributed by atoms with Crippen LogP contribution < -0.4 is 11.1 Å². The summed E-state index contributed by atoms with van der Waals surface area (Å²) in [6, 6.07) is -0.157. The van der Waals surface area contributed by atoms with Gasteiger partial charge in [0, 0.05) is 25.7 Å². The lowest BCUT2D eigenvalue weighted by Crippen LogP contribution is -2.50. The highest BCUT2D eigenvalue weighted by Gasteiger charge is 2.50. The third-order valence-corrected chi connectivity index (χ3v) is 4.40. The first-order valence-electron chi connectivity index (χ1n) is 5.81. The zero-order chi connectivity index (χ0) is 14.7. The largest absolute Gasteiger partial charge is 0.511 e. The second kappa shape index (κ2) is 5.95. The van der Waals surface area contributed by atoms with Crippen LogP contribution in [0.15, 0.2) is 4.99 Å². The van der Waals surface area contributed by atoms with Crippen molar-refractivity contribution in [2.45, 2.75) is 31.3 Å². The number of nitrogens with two attached hydrogens (primary N) is 1. The molecule has 0 atom stereocenters. The van der Waals surface area contributed by atoms with Crippen LogP contribution in [0.1, 0.15) is 19.8 Å². The van der Waals surface area contributed by atoms with Crippen molar-refractivity contribution in [3.05, 3.63) is 0 Å². The average Bonchev–Trinajstić information content (AvgIpc) is 2.28. The molecule has 1 aliphatic rings. The average molecular weight is 302 g/mol. The minimum Gasteiger partial charge on any atom is -0.370 e. The van der Waals surface area contributed by atoms with Gasteiger partial charge < -0.3 is 11.1 Å². The molecule has 19 heavy (non-hydrogen) atoms. The lowest BCUT2D eigenvalue weighted by molar-refractivity contribution is -0.0494. The van der Waals surface area contributed by atoms with Crippen LogP contribution in [0.2, 0.25) is 0 Å². The molecule has 10 heteroatoms. The van der Waals surface area contributed by atoms with Crippen LogP contribution >= 0.6 is 0 Å². The Labute approximate surface area is 109 Å². The molecule has 0 amide bonds. The predicted octanol–water partition coefficient (Wildman–Crippen LogP) is 0.225. The number of guanidine groups is 1. The molecule has 0 aromatic rings. The second-order valence-electron chi connectivity index (χ2n) is 4.13. The van der Waals surface area contributed by atoms with E-state index in [1.807, 2.05) is 0 Å². The fraction of sp³-hybridized carbons (Fsp3) is 0.889. The number of alkyl halides is 3. The summed E-state index contributed by atoms with van der Waals surface area (Å²) in [6.07, 6.45) is 0.518. The Bertz CT molecular complexity index is 427. The lowest BCUT2D eigenvalue weighted by Gasteiger charge is -2.32. The Kier molecular flexibility index (Phi) is 5.02.